The third kappa shape index (κ3) is 4.20. The smallest absolute Gasteiger partial charge is 0.336 e. The minimum absolute atomic E-state index is 0.241. The number of ether oxygens (including phenoxy) is 1. The lowest BCUT2D eigenvalue weighted by molar-refractivity contribution is 0.306. The fourth-order valence-electron chi connectivity index (χ4n) is 2.65. The fourth-order valence-corrected chi connectivity index (χ4v) is 2.87. The Labute approximate surface area is 150 Å². The largest absolute Gasteiger partial charge is 0.487 e. The van der Waals surface area contributed by atoms with Gasteiger partial charge in [-0.15, -0.1) is 0 Å². The number of hydrogen-bond donors (Lipinski definition) is 0. The highest BCUT2D eigenvalue weighted by molar-refractivity contribution is 6.32. The second-order valence-corrected chi connectivity index (χ2v) is 6.30. The maximum atomic E-state index is 12.9. The second kappa shape index (κ2) is 7.70. The standard InChI is InChI=1S/C20H18ClFO3/c1-2-3-4-14-9-20(23)25-18-11-19(17(21)10-16(14)18)24-12-13-5-7-15(22)8-6-13/h5-11H,2-4,12H2,1H3. The molecule has 0 bridgehead atoms. The van der Waals surface area contributed by atoms with Crippen LogP contribution in [0.2, 0.25) is 5.02 Å². The molecular formula is C20H18ClFO3. The van der Waals surface area contributed by atoms with Gasteiger partial charge in [0.1, 0.15) is 23.8 Å². The van der Waals surface area contributed by atoms with E-state index in [0.29, 0.717) is 16.4 Å². The van der Waals surface area contributed by atoms with Gasteiger partial charge in [-0.05, 0) is 42.2 Å². The molecule has 3 nitrogen and oxygen atoms in total. The summed E-state index contributed by atoms with van der Waals surface area (Å²) in [4.78, 5) is 11.8. The van der Waals surface area contributed by atoms with Crippen molar-refractivity contribution in [3.8, 4) is 5.75 Å². The first-order valence-electron chi connectivity index (χ1n) is 8.20. The topological polar surface area (TPSA) is 39.4 Å². The van der Waals surface area contributed by atoms with E-state index in [9.17, 15) is 9.18 Å². The summed E-state index contributed by atoms with van der Waals surface area (Å²) in [5.74, 6) is 0.128. The molecule has 0 fully saturated rings. The van der Waals surface area contributed by atoms with E-state index in [4.69, 9.17) is 20.8 Å². The van der Waals surface area contributed by atoms with Crippen LogP contribution in [0, 0.1) is 5.82 Å². The number of unbranched alkanes of at least 4 members (excludes halogenated alkanes) is 1. The van der Waals surface area contributed by atoms with E-state index < -0.39 is 0 Å². The normalized spacial score (nSPS) is 11.0. The lowest BCUT2D eigenvalue weighted by Gasteiger charge is -2.11. The molecule has 0 atom stereocenters. The Morgan fingerprint density at radius 3 is 2.64 bits per heavy atom. The average Bonchev–Trinajstić information content (AvgIpc) is 2.60. The number of benzene rings is 2. The average molecular weight is 361 g/mol. The first kappa shape index (κ1) is 17.5. The Kier molecular flexibility index (Phi) is 5.39. The molecule has 0 aliphatic heterocycles. The molecule has 0 saturated carbocycles. The van der Waals surface area contributed by atoms with E-state index in [1.165, 1.54) is 18.2 Å². The van der Waals surface area contributed by atoms with Crippen molar-refractivity contribution in [3.63, 3.8) is 0 Å². The fraction of sp³-hybridized carbons (Fsp3) is 0.250. The summed E-state index contributed by atoms with van der Waals surface area (Å²) >= 11 is 6.34. The highest BCUT2D eigenvalue weighted by Crippen LogP contribution is 2.32. The molecule has 0 unspecified atom stereocenters. The summed E-state index contributed by atoms with van der Waals surface area (Å²) in [7, 11) is 0. The Hall–Kier alpha value is -2.33. The van der Waals surface area contributed by atoms with Crippen LogP contribution >= 0.6 is 11.6 Å². The zero-order valence-electron chi connectivity index (χ0n) is 13.9. The molecule has 0 aliphatic carbocycles. The molecule has 1 aromatic heterocycles. The van der Waals surface area contributed by atoms with Crippen molar-refractivity contribution in [2.75, 3.05) is 0 Å². The van der Waals surface area contributed by atoms with Gasteiger partial charge in [0.05, 0.1) is 5.02 Å². The van der Waals surface area contributed by atoms with Crippen LogP contribution in [0.3, 0.4) is 0 Å². The van der Waals surface area contributed by atoms with E-state index in [-0.39, 0.29) is 18.0 Å². The maximum absolute atomic E-state index is 12.9. The Bertz CT molecular complexity index is 932. The van der Waals surface area contributed by atoms with Gasteiger partial charge in [-0.2, -0.15) is 0 Å². The van der Waals surface area contributed by atoms with Gasteiger partial charge in [-0.25, -0.2) is 9.18 Å². The van der Waals surface area contributed by atoms with Crippen molar-refractivity contribution in [2.24, 2.45) is 0 Å². The minimum Gasteiger partial charge on any atom is -0.487 e. The van der Waals surface area contributed by atoms with Crippen LogP contribution < -0.4 is 10.4 Å². The monoisotopic (exact) mass is 360 g/mol. The number of aryl methyl sites for hydroxylation is 1. The molecule has 0 radical (unpaired) electrons. The van der Waals surface area contributed by atoms with Crippen molar-refractivity contribution in [3.05, 3.63) is 74.9 Å². The van der Waals surface area contributed by atoms with Crippen LogP contribution in [0.5, 0.6) is 5.75 Å². The third-order valence-corrected chi connectivity index (χ3v) is 4.29. The predicted molar refractivity (Wildman–Crippen MR) is 96.8 cm³/mol. The molecule has 25 heavy (non-hydrogen) atoms. The number of hydrogen-bond acceptors (Lipinski definition) is 3. The molecule has 2 aromatic carbocycles. The second-order valence-electron chi connectivity index (χ2n) is 5.89. The molecular weight excluding hydrogens is 343 g/mol. The number of rotatable bonds is 6. The summed E-state index contributed by atoms with van der Waals surface area (Å²) < 4.78 is 24.0. The molecule has 3 rings (SSSR count). The van der Waals surface area contributed by atoms with Crippen molar-refractivity contribution in [1.29, 1.82) is 0 Å². The van der Waals surface area contributed by atoms with Crippen LogP contribution in [0.4, 0.5) is 4.39 Å². The zero-order chi connectivity index (χ0) is 17.8. The van der Waals surface area contributed by atoms with Gasteiger partial charge in [-0.1, -0.05) is 37.1 Å². The maximum Gasteiger partial charge on any atom is 0.336 e. The first-order valence-corrected chi connectivity index (χ1v) is 8.58. The molecule has 0 saturated heterocycles. The molecule has 3 aromatic rings. The number of halogens is 2. The predicted octanol–water partition coefficient (Wildman–Crippen LogP) is 5.51. The number of fused-ring (bicyclic) bond motifs is 1. The molecule has 0 N–H and O–H groups in total. The van der Waals surface area contributed by atoms with Gasteiger partial charge in [-0.3, -0.25) is 0 Å². The lowest BCUT2D eigenvalue weighted by Crippen LogP contribution is -2.02. The van der Waals surface area contributed by atoms with Crippen LogP contribution in [-0.4, -0.2) is 0 Å². The summed E-state index contributed by atoms with van der Waals surface area (Å²) in [6.07, 6.45) is 2.82. The van der Waals surface area contributed by atoms with Crippen molar-refractivity contribution in [1.82, 2.24) is 0 Å². The van der Waals surface area contributed by atoms with Crippen molar-refractivity contribution < 1.29 is 13.5 Å². The van der Waals surface area contributed by atoms with E-state index in [2.05, 4.69) is 6.92 Å². The van der Waals surface area contributed by atoms with E-state index in [0.717, 1.165) is 35.8 Å². The third-order valence-electron chi connectivity index (χ3n) is 3.99. The summed E-state index contributed by atoms with van der Waals surface area (Å²) in [5.41, 5.74) is 1.82. The van der Waals surface area contributed by atoms with Gasteiger partial charge in [0, 0.05) is 17.5 Å². The molecule has 0 amide bonds. The van der Waals surface area contributed by atoms with Crippen molar-refractivity contribution >= 4 is 22.6 Å². The zero-order valence-corrected chi connectivity index (χ0v) is 14.6. The van der Waals surface area contributed by atoms with Crippen LogP contribution in [0.1, 0.15) is 30.9 Å². The molecule has 1 heterocycles. The van der Waals surface area contributed by atoms with E-state index >= 15 is 0 Å². The van der Waals surface area contributed by atoms with Gasteiger partial charge in [0.2, 0.25) is 0 Å². The Morgan fingerprint density at radius 1 is 1.16 bits per heavy atom. The summed E-state index contributed by atoms with van der Waals surface area (Å²) in [5, 5.41) is 1.27. The van der Waals surface area contributed by atoms with Gasteiger partial charge < -0.3 is 9.15 Å². The van der Waals surface area contributed by atoms with E-state index in [1.807, 2.05) is 0 Å². The van der Waals surface area contributed by atoms with Gasteiger partial charge in [0.15, 0.2) is 0 Å². The molecule has 0 spiro atoms. The first-order chi connectivity index (χ1) is 12.1. The molecule has 0 aliphatic rings. The van der Waals surface area contributed by atoms with Gasteiger partial charge in [0.25, 0.3) is 0 Å². The summed E-state index contributed by atoms with van der Waals surface area (Å²) in [6.45, 7) is 2.34. The van der Waals surface area contributed by atoms with Crippen molar-refractivity contribution in [2.45, 2.75) is 32.8 Å². The van der Waals surface area contributed by atoms with Crippen LogP contribution in [0.25, 0.3) is 11.0 Å². The molecule has 130 valence electrons. The summed E-state index contributed by atoms with van der Waals surface area (Å²) in [6, 6.07) is 11.0. The lowest BCUT2D eigenvalue weighted by atomic mass is 10.0. The highest BCUT2D eigenvalue weighted by atomic mass is 35.5. The highest BCUT2D eigenvalue weighted by Gasteiger charge is 2.11. The van der Waals surface area contributed by atoms with Crippen LogP contribution in [0.15, 0.2) is 51.7 Å². The quantitative estimate of drug-likeness (QED) is 0.544. The van der Waals surface area contributed by atoms with E-state index in [1.54, 1.807) is 24.3 Å². The minimum atomic E-state index is -0.384. The Morgan fingerprint density at radius 2 is 1.92 bits per heavy atom. The Balaban J connectivity index is 1.90. The van der Waals surface area contributed by atoms with Crippen LogP contribution in [-0.2, 0) is 13.0 Å². The van der Waals surface area contributed by atoms with Gasteiger partial charge >= 0.3 is 5.63 Å². The SMILES string of the molecule is CCCCc1cc(=O)oc2cc(OCc3ccc(F)cc3)c(Cl)cc12. The molecule has 5 heteroatoms.